The molecule has 2 N–H and O–H groups in total. The third-order valence-corrected chi connectivity index (χ3v) is 4.08. The van der Waals surface area contributed by atoms with Crippen molar-refractivity contribution < 1.29 is 14.7 Å². The Bertz CT molecular complexity index is 519. The Hall–Kier alpha value is -1.56. The number of anilines is 1. The van der Waals surface area contributed by atoms with E-state index in [1.165, 1.54) is 4.90 Å². The molecule has 1 atom stereocenters. The molecule has 0 unspecified atom stereocenters. The van der Waals surface area contributed by atoms with Crippen molar-refractivity contribution in [2.45, 2.75) is 25.8 Å². The summed E-state index contributed by atoms with van der Waals surface area (Å²) in [5.41, 5.74) is 1.72. The highest BCUT2D eigenvalue weighted by atomic mass is 79.9. The molecule has 2 rings (SSSR count). The number of carbonyl (C=O) groups is 2. The number of aryl methyl sites for hydroxylation is 1. The first-order chi connectivity index (χ1) is 8.99. The molecule has 1 saturated heterocycles. The van der Waals surface area contributed by atoms with Crippen molar-refractivity contribution in [1.29, 1.82) is 0 Å². The third kappa shape index (κ3) is 3.07. The number of aliphatic carboxylic acids is 1. The van der Waals surface area contributed by atoms with E-state index in [-0.39, 0.29) is 6.03 Å². The van der Waals surface area contributed by atoms with Crippen LogP contribution in [0.1, 0.15) is 18.4 Å². The van der Waals surface area contributed by atoms with Crippen LogP contribution in [0.25, 0.3) is 0 Å². The van der Waals surface area contributed by atoms with Gasteiger partial charge in [0.2, 0.25) is 0 Å². The van der Waals surface area contributed by atoms with Gasteiger partial charge in [-0.25, -0.2) is 9.59 Å². The smallest absolute Gasteiger partial charge is 0.326 e. The van der Waals surface area contributed by atoms with Crippen LogP contribution in [0.15, 0.2) is 22.7 Å². The molecule has 0 radical (unpaired) electrons. The number of carbonyl (C=O) groups excluding carboxylic acids is 1. The zero-order valence-electron chi connectivity index (χ0n) is 10.5. The zero-order chi connectivity index (χ0) is 14.0. The summed E-state index contributed by atoms with van der Waals surface area (Å²) in [6, 6.07) is 4.41. The molecule has 0 aromatic heterocycles. The number of carboxylic acids is 1. The van der Waals surface area contributed by atoms with E-state index in [0.29, 0.717) is 18.7 Å². The van der Waals surface area contributed by atoms with Gasteiger partial charge in [-0.15, -0.1) is 0 Å². The fraction of sp³-hybridized carbons (Fsp3) is 0.385. The molecule has 1 aliphatic heterocycles. The molecule has 6 heteroatoms. The molecule has 5 nitrogen and oxygen atoms in total. The van der Waals surface area contributed by atoms with Crippen LogP contribution in [0, 0.1) is 6.92 Å². The topological polar surface area (TPSA) is 69.6 Å². The van der Waals surface area contributed by atoms with Crippen molar-refractivity contribution in [3.8, 4) is 0 Å². The van der Waals surface area contributed by atoms with Crippen LogP contribution >= 0.6 is 15.9 Å². The summed E-state index contributed by atoms with van der Waals surface area (Å²) >= 11 is 3.40. The Morgan fingerprint density at radius 3 is 2.84 bits per heavy atom. The molecule has 0 aliphatic carbocycles. The molecular weight excluding hydrogens is 312 g/mol. The molecule has 19 heavy (non-hydrogen) atoms. The van der Waals surface area contributed by atoms with E-state index >= 15 is 0 Å². The Balaban J connectivity index is 2.08. The average molecular weight is 327 g/mol. The third-order valence-electron chi connectivity index (χ3n) is 3.22. The van der Waals surface area contributed by atoms with Crippen molar-refractivity contribution in [3.63, 3.8) is 0 Å². The number of rotatable bonds is 2. The van der Waals surface area contributed by atoms with Crippen LogP contribution in [-0.4, -0.2) is 34.6 Å². The predicted octanol–water partition coefficient (Wildman–Crippen LogP) is 2.84. The normalized spacial score (nSPS) is 18.4. The lowest BCUT2D eigenvalue weighted by atomic mass is 10.2. The average Bonchev–Trinajstić information content (AvgIpc) is 2.83. The molecule has 0 bridgehead atoms. The SMILES string of the molecule is Cc1ccc(NC(=O)N2CCC[C@@H]2C(=O)O)cc1Br. The van der Waals surface area contributed by atoms with E-state index in [9.17, 15) is 9.59 Å². The number of nitrogens with one attached hydrogen (secondary N) is 1. The van der Waals surface area contributed by atoms with Crippen LogP contribution < -0.4 is 5.32 Å². The monoisotopic (exact) mass is 326 g/mol. The van der Waals surface area contributed by atoms with Crippen molar-refractivity contribution in [1.82, 2.24) is 4.90 Å². The van der Waals surface area contributed by atoms with Gasteiger partial charge in [0.25, 0.3) is 0 Å². The van der Waals surface area contributed by atoms with Gasteiger partial charge in [0.1, 0.15) is 6.04 Å². The second-order valence-electron chi connectivity index (χ2n) is 4.58. The van der Waals surface area contributed by atoms with Crippen LogP contribution in [0.4, 0.5) is 10.5 Å². The number of halogens is 1. The molecule has 0 saturated carbocycles. The van der Waals surface area contributed by atoms with E-state index in [4.69, 9.17) is 5.11 Å². The number of nitrogens with zero attached hydrogens (tertiary/aromatic N) is 1. The van der Waals surface area contributed by atoms with Gasteiger partial charge >= 0.3 is 12.0 Å². The molecule has 1 fully saturated rings. The van der Waals surface area contributed by atoms with Gasteiger partial charge in [-0.1, -0.05) is 22.0 Å². The number of amides is 2. The first-order valence-electron chi connectivity index (χ1n) is 6.05. The highest BCUT2D eigenvalue weighted by Gasteiger charge is 2.33. The van der Waals surface area contributed by atoms with E-state index in [2.05, 4.69) is 21.2 Å². The zero-order valence-corrected chi connectivity index (χ0v) is 12.1. The Kier molecular flexibility index (Phi) is 4.09. The van der Waals surface area contributed by atoms with Crippen LogP contribution in [-0.2, 0) is 4.79 Å². The standard InChI is InChI=1S/C13H15BrN2O3/c1-8-4-5-9(7-10(8)14)15-13(19)16-6-2-3-11(16)12(17)18/h4-5,7,11H,2-3,6H2,1H3,(H,15,19)(H,17,18)/t11-/m1/s1. The lowest BCUT2D eigenvalue weighted by Crippen LogP contribution is -2.42. The van der Waals surface area contributed by atoms with Crippen LogP contribution in [0.2, 0.25) is 0 Å². The van der Waals surface area contributed by atoms with Gasteiger partial charge in [-0.2, -0.15) is 0 Å². The molecule has 2 amide bonds. The summed E-state index contributed by atoms with van der Waals surface area (Å²) in [6.45, 7) is 2.44. The molecular formula is C13H15BrN2O3. The minimum absolute atomic E-state index is 0.361. The van der Waals surface area contributed by atoms with Crippen LogP contribution in [0.5, 0.6) is 0 Å². The second kappa shape index (κ2) is 5.61. The number of likely N-dealkylation sites (tertiary alicyclic amines) is 1. The number of carboxylic acid groups (broad SMARTS) is 1. The Morgan fingerprint density at radius 2 is 2.21 bits per heavy atom. The number of hydrogen-bond acceptors (Lipinski definition) is 2. The summed E-state index contributed by atoms with van der Waals surface area (Å²) < 4.78 is 0.904. The van der Waals surface area contributed by atoms with E-state index in [0.717, 1.165) is 16.5 Å². The molecule has 102 valence electrons. The lowest BCUT2D eigenvalue weighted by molar-refractivity contribution is -0.141. The quantitative estimate of drug-likeness (QED) is 0.877. The van der Waals surface area contributed by atoms with E-state index in [1.807, 2.05) is 13.0 Å². The summed E-state index contributed by atoms with van der Waals surface area (Å²) in [5, 5.41) is 11.8. The molecule has 1 aromatic rings. The molecule has 1 heterocycles. The van der Waals surface area contributed by atoms with Crippen molar-refractivity contribution >= 4 is 33.6 Å². The molecule has 0 spiro atoms. The maximum Gasteiger partial charge on any atom is 0.326 e. The largest absolute Gasteiger partial charge is 0.480 e. The lowest BCUT2D eigenvalue weighted by Gasteiger charge is -2.21. The maximum atomic E-state index is 12.1. The summed E-state index contributed by atoms with van der Waals surface area (Å²) in [6.07, 6.45) is 1.24. The van der Waals surface area contributed by atoms with Gasteiger partial charge in [-0.05, 0) is 37.5 Å². The summed E-state index contributed by atoms with van der Waals surface area (Å²) in [4.78, 5) is 24.5. The highest BCUT2D eigenvalue weighted by Crippen LogP contribution is 2.23. The van der Waals surface area contributed by atoms with E-state index in [1.54, 1.807) is 12.1 Å². The Morgan fingerprint density at radius 1 is 1.47 bits per heavy atom. The minimum Gasteiger partial charge on any atom is -0.480 e. The van der Waals surface area contributed by atoms with Gasteiger partial charge < -0.3 is 15.3 Å². The van der Waals surface area contributed by atoms with Crippen molar-refractivity contribution in [3.05, 3.63) is 28.2 Å². The fourth-order valence-electron chi connectivity index (χ4n) is 2.13. The van der Waals surface area contributed by atoms with Gasteiger partial charge in [-0.3, -0.25) is 0 Å². The van der Waals surface area contributed by atoms with Gasteiger partial charge in [0.05, 0.1) is 0 Å². The van der Waals surface area contributed by atoms with Crippen molar-refractivity contribution in [2.75, 3.05) is 11.9 Å². The Labute approximate surface area is 119 Å². The van der Waals surface area contributed by atoms with Crippen molar-refractivity contribution in [2.24, 2.45) is 0 Å². The van der Waals surface area contributed by atoms with Crippen LogP contribution in [0.3, 0.4) is 0 Å². The van der Waals surface area contributed by atoms with E-state index < -0.39 is 12.0 Å². The minimum atomic E-state index is -0.947. The highest BCUT2D eigenvalue weighted by molar-refractivity contribution is 9.10. The summed E-state index contributed by atoms with van der Waals surface area (Å²) in [7, 11) is 0. The maximum absolute atomic E-state index is 12.1. The summed E-state index contributed by atoms with van der Waals surface area (Å²) in [5.74, 6) is -0.947. The molecule has 1 aliphatic rings. The number of hydrogen-bond donors (Lipinski definition) is 2. The van der Waals surface area contributed by atoms with Gasteiger partial charge in [0, 0.05) is 16.7 Å². The number of urea groups is 1. The first-order valence-corrected chi connectivity index (χ1v) is 6.85. The number of benzene rings is 1. The van der Waals surface area contributed by atoms with Gasteiger partial charge in [0.15, 0.2) is 0 Å². The first kappa shape index (κ1) is 13.9. The molecule has 1 aromatic carbocycles. The predicted molar refractivity (Wildman–Crippen MR) is 75.3 cm³/mol. The second-order valence-corrected chi connectivity index (χ2v) is 5.44. The fourth-order valence-corrected chi connectivity index (χ4v) is 2.51.